The number of aryl methyl sites for hydroxylation is 1. The van der Waals surface area contributed by atoms with Crippen molar-refractivity contribution in [3.63, 3.8) is 0 Å². The van der Waals surface area contributed by atoms with Crippen molar-refractivity contribution in [3.05, 3.63) is 130 Å². The molecule has 0 aliphatic rings. The molecular formula is C34H35ClN2O4. The number of carbonyl (C=O) groups excluding carboxylic acids is 2. The molecule has 0 spiro atoms. The van der Waals surface area contributed by atoms with Crippen LogP contribution in [0.25, 0.3) is 0 Å². The SMILES string of the molecule is COc1ccc(CCNC(=O)[C@@H](c2ccccc2)N(Cc2ccc(Cl)cc2)C(=O)CCc2ccccc2)cc1OC. The van der Waals surface area contributed by atoms with Gasteiger partial charge in [-0.3, -0.25) is 9.59 Å². The largest absolute Gasteiger partial charge is 0.493 e. The molecule has 0 fully saturated rings. The third-order valence-corrected chi connectivity index (χ3v) is 7.15. The van der Waals surface area contributed by atoms with Crippen molar-refractivity contribution in [2.45, 2.75) is 31.8 Å². The predicted octanol–water partition coefficient (Wildman–Crippen LogP) is 6.42. The van der Waals surface area contributed by atoms with Gasteiger partial charge in [0.05, 0.1) is 14.2 Å². The van der Waals surface area contributed by atoms with Gasteiger partial charge in [-0.2, -0.15) is 0 Å². The Morgan fingerprint density at radius 1 is 0.756 bits per heavy atom. The number of nitrogens with one attached hydrogen (secondary N) is 1. The van der Waals surface area contributed by atoms with Crippen LogP contribution < -0.4 is 14.8 Å². The van der Waals surface area contributed by atoms with Gasteiger partial charge in [-0.1, -0.05) is 90.5 Å². The average Bonchev–Trinajstić information content (AvgIpc) is 3.01. The lowest BCUT2D eigenvalue weighted by Crippen LogP contribution is -2.44. The van der Waals surface area contributed by atoms with Gasteiger partial charge in [0, 0.05) is 24.5 Å². The summed E-state index contributed by atoms with van der Waals surface area (Å²) in [6.07, 6.45) is 1.45. The van der Waals surface area contributed by atoms with E-state index in [1.54, 1.807) is 31.3 Å². The standard InChI is InChI=1S/C34H35ClN2O4/c1-40-30-19-15-26(23-31(30)41-2)21-22-36-34(39)33(28-11-7-4-8-12-28)37(24-27-13-17-29(35)18-14-27)32(38)20-16-25-9-5-3-6-10-25/h3-15,17-19,23,33H,16,20-22,24H2,1-2H3,(H,36,39)/t33-/m1/s1. The van der Waals surface area contributed by atoms with Crippen molar-refractivity contribution < 1.29 is 19.1 Å². The van der Waals surface area contributed by atoms with Crippen LogP contribution in [0.2, 0.25) is 5.02 Å². The number of carbonyl (C=O) groups is 2. The molecule has 0 saturated heterocycles. The van der Waals surface area contributed by atoms with Crippen molar-refractivity contribution in [1.29, 1.82) is 0 Å². The topological polar surface area (TPSA) is 67.9 Å². The van der Waals surface area contributed by atoms with Crippen molar-refractivity contribution in [2.75, 3.05) is 20.8 Å². The van der Waals surface area contributed by atoms with Crippen LogP contribution in [0.1, 0.15) is 34.7 Å². The Bertz CT molecular complexity index is 1410. The summed E-state index contributed by atoms with van der Waals surface area (Å²) in [5.74, 6) is 0.944. The molecule has 1 N–H and O–H groups in total. The predicted molar refractivity (Wildman–Crippen MR) is 162 cm³/mol. The number of benzene rings is 4. The Morgan fingerprint density at radius 2 is 1.39 bits per heavy atom. The van der Waals surface area contributed by atoms with E-state index in [1.165, 1.54) is 0 Å². The Hall–Kier alpha value is -4.29. The van der Waals surface area contributed by atoms with E-state index in [4.69, 9.17) is 21.1 Å². The van der Waals surface area contributed by atoms with E-state index < -0.39 is 6.04 Å². The number of hydrogen-bond donors (Lipinski definition) is 1. The number of halogens is 1. The van der Waals surface area contributed by atoms with Crippen LogP contribution in [0.5, 0.6) is 11.5 Å². The molecular weight excluding hydrogens is 536 g/mol. The molecule has 212 valence electrons. The van der Waals surface area contributed by atoms with Crippen molar-refractivity contribution in [3.8, 4) is 11.5 Å². The Balaban J connectivity index is 1.56. The summed E-state index contributed by atoms with van der Waals surface area (Å²) in [7, 11) is 3.19. The van der Waals surface area contributed by atoms with E-state index in [0.29, 0.717) is 35.9 Å². The molecule has 0 heterocycles. The van der Waals surface area contributed by atoms with Crippen LogP contribution >= 0.6 is 11.6 Å². The van der Waals surface area contributed by atoms with E-state index >= 15 is 0 Å². The van der Waals surface area contributed by atoms with Crippen LogP contribution in [0.4, 0.5) is 0 Å². The van der Waals surface area contributed by atoms with Gasteiger partial charge >= 0.3 is 0 Å². The number of amides is 2. The molecule has 0 unspecified atom stereocenters. The molecule has 1 atom stereocenters. The fourth-order valence-electron chi connectivity index (χ4n) is 4.72. The zero-order valence-electron chi connectivity index (χ0n) is 23.4. The van der Waals surface area contributed by atoms with Crippen LogP contribution in [0.15, 0.2) is 103 Å². The first kappa shape index (κ1) is 29.7. The zero-order valence-corrected chi connectivity index (χ0v) is 24.1. The maximum atomic E-state index is 13.9. The molecule has 0 saturated carbocycles. The Morgan fingerprint density at radius 3 is 2.05 bits per heavy atom. The number of methoxy groups -OCH3 is 2. The fraction of sp³-hybridized carbons (Fsp3) is 0.235. The van der Waals surface area contributed by atoms with Crippen LogP contribution in [-0.4, -0.2) is 37.5 Å². The lowest BCUT2D eigenvalue weighted by Gasteiger charge is -2.32. The van der Waals surface area contributed by atoms with Crippen molar-refractivity contribution >= 4 is 23.4 Å². The normalized spacial score (nSPS) is 11.4. The molecule has 0 aliphatic carbocycles. The molecule has 0 aromatic heterocycles. The second-order valence-electron chi connectivity index (χ2n) is 9.68. The van der Waals surface area contributed by atoms with Gasteiger partial charge in [0.2, 0.25) is 11.8 Å². The third kappa shape index (κ3) is 8.35. The summed E-state index contributed by atoms with van der Waals surface area (Å²) in [5.41, 5.74) is 3.71. The lowest BCUT2D eigenvalue weighted by atomic mass is 10.0. The summed E-state index contributed by atoms with van der Waals surface area (Å²) >= 11 is 6.12. The summed E-state index contributed by atoms with van der Waals surface area (Å²) in [4.78, 5) is 29.4. The number of nitrogens with zero attached hydrogens (tertiary/aromatic N) is 1. The van der Waals surface area contributed by atoms with E-state index in [-0.39, 0.29) is 24.8 Å². The summed E-state index contributed by atoms with van der Waals surface area (Å²) in [5, 5.41) is 3.69. The molecule has 0 aliphatic heterocycles. The highest BCUT2D eigenvalue weighted by Gasteiger charge is 2.31. The number of rotatable bonds is 13. The van der Waals surface area contributed by atoms with Gasteiger partial charge in [0.15, 0.2) is 11.5 Å². The van der Waals surface area contributed by atoms with Crippen LogP contribution in [0, 0.1) is 0 Å². The summed E-state index contributed by atoms with van der Waals surface area (Å²) < 4.78 is 10.7. The van der Waals surface area contributed by atoms with E-state index in [2.05, 4.69) is 5.32 Å². The molecule has 4 aromatic carbocycles. The molecule has 41 heavy (non-hydrogen) atoms. The minimum absolute atomic E-state index is 0.104. The first-order chi connectivity index (χ1) is 20.0. The molecule has 0 bridgehead atoms. The monoisotopic (exact) mass is 570 g/mol. The lowest BCUT2D eigenvalue weighted by molar-refractivity contribution is -0.141. The minimum Gasteiger partial charge on any atom is -0.493 e. The van der Waals surface area contributed by atoms with Gasteiger partial charge in [-0.15, -0.1) is 0 Å². The molecule has 4 rings (SSSR count). The second-order valence-corrected chi connectivity index (χ2v) is 10.1. The van der Waals surface area contributed by atoms with Gasteiger partial charge in [-0.05, 0) is 59.4 Å². The maximum Gasteiger partial charge on any atom is 0.247 e. The average molecular weight is 571 g/mol. The van der Waals surface area contributed by atoms with Crippen LogP contribution in [-0.2, 0) is 29.0 Å². The third-order valence-electron chi connectivity index (χ3n) is 6.89. The number of hydrogen-bond acceptors (Lipinski definition) is 4. The number of ether oxygens (including phenoxy) is 2. The van der Waals surface area contributed by atoms with E-state index in [0.717, 1.165) is 22.3 Å². The van der Waals surface area contributed by atoms with Crippen LogP contribution in [0.3, 0.4) is 0 Å². The zero-order chi connectivity index (χ0) is 29.0. The highest BCUT2D eigenvalue weighted by Crippen LogP contribution is 2.28. The fourth-order valence-corrected chi connectivity index (χ4v) is 4.85. The van der Waals surface area contributed by atoms with Gasteiger partial charge in [0.1, 0.15) is 6.04 Å². The highest BCUT2D eigenvalue weighted by molar-refractivity contribution is 6.30. The second kappa shape index (κ2) is 14.9. The summed E-state index contributed by atoms with van der Waals surface area (Å²) in [6, 6.07) is 31.6. The van der Waals surface area contributed by atoms with Gasteiger partial charge in [-0.25, -0.2) is 0 Å². The van der Waals surface area contributed by atoms with Gasteiger partial charge in [0.25, 0.3) is 0 Å². The van der Waals surface area contributed by atoms with Crippen molar-refractivity contribution in [2.24, 2.45) is 0 Å². The maximum absolute atomic E-state index is 13.9. The van der Waals surface area contributed by atoms with E-state index in [9.17, 15) is 9.59 Å². The highest BCUT2D eigenvalue weighted by atomic mass is 35.5. The first-order valence-electron chi connectivity index (χ1n) is 13.6. The summed E-state index contributed by atoms with van der Waals surface area (Å²) in [6.45, 7) is 0.665. The van der Waals surface area contributed by atoms with E-state index in [1.807, 2.05) is 91.0 Å². The molecule has 4 aromatic rings. The first-order valence-corrected chi connectivity index (χ1v) is 14.0. The molecule has 7 heteroatoms. The quantitative estimate of drug-likeness (QED) is 0.201. The molecule has 2 amide bonds. The molecule has 0 radical (unpaired) electrons. The Kier molecular flexibility index (Phi) is 10.8. The smallest absolute Gasteiger partial charge is 0.247 e. The Labute approximate surface area is 246 Å². The van der Waals surface area contributed by atoms with Gasteiger partial charge < -0.3 is 19.7 Å². The minimum atomic E-state index is -0.805. The van der Waals surface area contributed by atoms with Crippen molar-refractivity contribution in [1.82, 2.24) is 10.2 Å². The molecule has 6 nitrogen and oxygen atoms in total.